The number of sulfone groups is 1. The summed E-state index contributed by atoms with van der Waals surface area (Å²) < 4.78 is 35.9. The molecule has 3 aromatic carbocycles. The molecule has 11 nitrogen and oxygen atoms in total. The molecule has 40 heavy (non-hydrogen) atoms. The van der Waals surface area contributed by atoms with E-state index in [0.717, 1.165) is 11.1 Å². The molecule has 2 aliphatic rings. The van der Waals surface area contributed by atoms with Crippen molar-refractivity contribution in [3.05, 3.63) is 83.9 Å². The molecule has 2 N–H and O–H groups in total. The van der Waals surface area contributed by atoms with E-state index >= 15 is 0 Å². The minimum Gasteiger partial charge on any atom is -0.403 e. The van der Waals surface area contributed by atoms with Crippen molar-refractivity contribution in [2.24, 2.45) is 4.99 Å². The number of nitrogens with one attached hydrogen (secondary N) is 2. The van der Waals surface area contributed by atoms with Crippen molar-refractivity contribution in [3.63, 3.8) is 0 Å². The lowest BCUT2D eigenvalue weighted by Crippen LogP contribution is -2.36. The quantitative estimate of drug-likeness (QED) is 0.365. The highest BCUT2D eigenvalue weighted by Gasteiger charge is 2.28. The summed E-state index contributed by atoms with van der Waals surface area (Å²) in [5, 5.41) is 14.2. The number of hydrogen-bond acceptors (Lipinski definition) is 10. The average Bonchev–Trinajstić information content (AvgIpc) is 3.38. The molecular formula is C28H26N6O5S. The fourth-order valence-electron chi connectivity index (χ4n) is 4.68. The molecule has 1 atom stereocenters. The van der Waals surface area contributed by atoms with Crippen molar-refractivity contribution in [2.75, 3.05) is 48.1 Å². The van der Waals surface area contributed by atoms with E-state index in [2.05, 4.69) is 20.8 Å². The molecule has 2 aliphatic heterocycles. The second kappa shape index (κ2) is 10.5. The normalized spacial score (nSPS) is 17.4. The van der Waals surface area contributed by atoms with Gasteiger partial charge in [0.2, 0.25) is 6.17 Å². The number of nitrogens with zero attached hydrogens (tertiary/aromatic N) is 4. The zero-order valence-corrected chi connectivity index (χ0v) is 22.4. The molecule has 1 unspecified atom stereocenters. The highest BCUT2D eigenvalue weighted by Crippen LogP contribution is 2.34. The van der Waals surface area contributed by atoms with E-state index in [4.69, 9.17) is 14.1 Å². The van der Waals surface area contributed by atoms with Gasteiger partial charge in [0.05, 0.1) is 40.8 Å². The maximum Gasteiger partial charge on any atom is 0.317 e. The smallest absolute Gasteiger partial charge is 0.317 e. The zero-order chi connectivity index (χ0) is 27.7. The van der Waals surface area contributed by atoms with Gasteiger partial charge in [-0.25, -0.2) is 13.4 Å². The van der Waals surface area contributed by atoms with Gasteiger partial charge in [0, 0.05) is 30.5 Å². The number of morpholine rings is 1. The summed E-state index contributed by atoms with van der Waals surface area (Å²) in [7, 11) is -3.43. The van der Waals surface area contributed by atoms with Gasteiger partial charge in [-0.05, 0) is 24.3 Å². The fourth-order valence-corrected chi connectivity index (χ4v) is 5.32. The molecule has 1 saturated heterocycles. The summed E-state index contributed by atoms with van der Waals surface area (Å²) in [4.78, 5) is 20.1. The number of hydrogen-bond donors (Lipinski definition) is 2. The number of ether oxygens (including phenoxy) is 1. The van der Waals surface area contributed by atoms with Gasteiger partial charge in [-0.15, -0.1) is 5.10 Å². The molecule has 4 aromatic rings. The molecule has 0 saturated carbocycles. The fraction of sp³-hybridized carbons (Fsp3) is 0.214. The first kappa shape index (κ1) is 25.7. The van der Waals surface area contributed by atoms with Crippen LogP contribution in [-0.4, -0.2) is 69.0 Å². The van der Waals surface area contributed by atoms with E-state index in [9.17, 15) is 13.2 Å². The molecule has 0 spiro atoms. The van der Waals surface area contributed by atoms with Gasteiger partial charge in [0.15, 0.2) is 9.84 Å². The monoisotopic (exact) mass is 558 g/mol. The first-order valence-electron chi connectivity index (χ1n) is 12.7. The Morgan fingerprint density at radius 2 is 1.70 bits per heavy atom. The Balaban J connectivity index is 1.34. The lowest BCUT2D eigenvalue weighted by atomic mass is 10.0. The third-order valence-corrected chi connectivity index (χ3v) is 7.77. The standard InChI is InChI=1S/C28H26N6O5S/c1-40(36,37)19-11-12-21(23(17-19)34-13-15-38-16-14-34)27-32-33-28(39-27)31-25-26(35)29-22-10-6-5-9-20(22)24(30-25)18-7-3-2-4-8-18/h2-12,17,25H,13-16H2,1H3,(H,29,35)(H,31,33). The lowest BCUT2D eigenvalue weighted by molar-refractivity contribution is -0.116. The maximum absolute atomic E-state index is 13.2. The maximum atomic E-state index is 13.2. The number of aliphatic imine (C=N–C) groups is 1. The Bertz CT molecular complexity index is 1700. The highest BCUT2D eigenvalue weighted by molar-refractivity contribution is 7.90. The van der Waals surface area contributed by atoms with Crippen molar-refractivity contribution in [3.8, 4) is 11.5 Å². The summed E-state index contributed by atoms with van der Waals surface area (Å²) in [6.07, 6.45) is 0.113. The van der Waals surface area contributed by atoms with Gasteiger partial charge in [-0.2, -0.15) is 0 Å². The number of amides is 1. The van der Waals surface area contributed by atoms with E-state index in [1.807, 2.05) is 59.5 Å². The van der Waals surface area contributed by atoms with Crippen molar-refractivity contribution in [2.45, 2.75) is 11.1 Å². The van der Waals surface area contributed by atoms with Gasteiger partial charge in [-0.3, -0.25) is 4.79 Å². The Morgan fingerprint density at radius 3 is 2.48 bits per heavy atom. The van der Waals surface area contributed by atoms with Crippen molar-refractivity contribution < 1.29 is 22.4 Å². The molecule has 0 radical (unpaired) electrons. The van der Waals surface area contributed by atoms with E-state index in [0.29, 0.717) is 49.0 Å². The molecule has 0 aliphatic carbocycles. The summed E-state index contributed by atoms with van der Waals surface area (Å²) >= 11 is 0. The Labute approximate surface area is 230 Å². The number of aromatic nitrogens is 2. The van der Waals surface area contributed by atoms with Gasteiger partial charge in [-0.1, -0.05) is 53.6 Å². The highest BCUT2D eigenvalue weighted by atomic mass is 32.2. The average molecular weight is 559 g/mol. The van der Waals surface area contributed by atoms with Crippen LogP contribution < -0.4 is 15.5 Å². The van der Waals surface area contributed by atoms with Crippen molar-refractivity contribution in [1.82, 2.24) is 10.2 Å². The molecule has 6 rings (SSSR count). The van der Waals surface area contributed by atoms with Crippen LogP contribution in [0.1, 0.15) is 11.1 Å². The number of carbonyl (C=O) groups excluding carboxylic acids is 1. The minimum atomic E-state index is -3.43. The topological polar surface area (TPSA) is 139 Å². The van der Waals surface area contributed by atoms with Crippen molar-refractivity contribution in [1.29, 1.82) is 0 Å². The number of carbonyl (C=O) groups is 1. The van der Waals surface area contributed by atoms with E-state index in [-0.39, 0.29) is 22.7 Å². The number of fused-ring (bicyclic) bond motifs is 1. The number of benzene rings is 3. The van der Waals surface area contributed by atoms with Crippen molar-refractivity contribution >= 4 is 38.8 Å². The van der Waals surface area contributed by atoms with E-state index in [1.54, 1.807) is 12.1 Å². The molecule has 204 valence electrons. The lowest BCUT2D eigenvalue weighted by Gasteiger charge is -2.30. The second-order valence-corrected chi connectivity index (χ2v) is 11.4. The zero-order valence-electron chi connectivity index (χ0n) is 21.6. The van der Waals surface area contributed by atoms with Crippen LogP contribution in [0, 0.1) is 0 Å². The Morgan fingerprint density at radius 1 is 0.950 bits per heavy atom. The Hall–Kier alpha value is -4.55. The van der Waals surface area contributed by atoms with Crippen LogP contribution in [0.2, 0.25) is 0 Å². The number of anilines is 3. The van der Waals surface area contributed by atoms with Gasteiger partial charge >= 0.3 is 6.01 Å². The van der Waals surface area contributed by atoms with Gasteiger partial charge < -0.3 is 24.7 Å². The van der Waals surface area contributed by atoms with Crippen LogP contribution in [0.5, 0.6) is 0 Å². The van der Waals surface area contributed by atoms with Crippen LogP contribution in [0.25, 0.3) is 11.5 Å². The number of rotatable bonds is 6. The predicted octanol–water partition coefficient (Wildman–Crippen LogP) is 3.20. The molecule has 1 fully saturated rings. The first-order valence-corrected chi connectivity index (χ1v) is 14.6. The van der Waals surface area contributed by atoms with E-state index in [1.165, 1.54) is 12.3 Å². The van der Waals surface area contributed by atoms with Crippen LogP contribution in [0.15, 0.2) is 87.1 Å². The van der Waals surface area contributed by atoms with Gasteiger partial charge in [0.25, 0.3) is 11.8 Å². The summed E-state index contributed by atoms with van der Waals surface area (Å²) in [6.45, 7) is 2.19. The van der Waals surface area contributed by atoms with Crippen LogP contribution >= 0.6 is 0 Å². The summed E-state index contributed by atoms with van der Waals surface area (Å²) in [5.74, 6) is -0.210. The van der Waals surface area contributed by atoms with Crippen LogP contribution in [0.3, 0.4) is 0 Å². The number of para-hydroxylation sites is 1. The first-order chi connectivity index (χ1) is 19.4. The summed E-state index contributed by atoms with van der Waals surface area (Å²) in [5.41, 5.74) is 4.14. The Kier molecular flexibility index (Phi) is 6.78. The molecule has 3 heterocycles. The third kappa shape index (κ3) is 5.18. The second-order valence-electron chi connectivity index (χ2n) is 9.39. The largest absolute Gasteiger partial charge is 0.403 e. The SMILES string of the molecule is CS(=O)(=O)c1ccc(-c2nnc(NC3N=C(c4ccccc4)c4ccccc4NC3=O)o2)c(N2CCOCC2)c1. The minimum absolute atomic E-state index is 0.00242. The molecular weight excluding hydrogens is 532 g/mol. The summed E-state index contributed by atoms with van der Waals surface area (Å²) in [6, 6.07) is 21.8. The van der Waals surface area contributed by atoms with Gasteiger partial charge in [0.1, 0.15) is 0 Å². The third-order valence-electron chi connectivity index (χ3n) is 6.66. The van der Waals surface area contributed by atoms with Crippen LogP contribution in [0.4, 0.5) is 17.4 Å². The van der Waals surface area contributed by atoms with E-state index < -0.39 is 16.0 Å². The number of benzodiazepines with no additional fused rings is 1. The molecule has 12 heteroatoms. The predicted molar refractivity (Wildman–Crippen MR) is 150 cm³/mol. The molecule has 1 aromatic heterocycles. The van der Waals surface area contributed by atoms with Crippen LogP contribution in [-0.2, 0) is 19.4 Å². The molecule has 0 bridgehead atoms. The molecule has 1 amide bonds.